The van der Waals surface area contributed by atoms with E-state index in [0.29, 0.717) is 6.54 Å². The quantitative estimate of drug-likeness (QED) is 0.782. The normalized spacial score (nSPS) is 10.4. The monoisotopic (exact) mass is 267 g/mol. The number of anilines is 1. The number of hydrogen-bond acceptors (Lipinski definition) is 2. The van der Waals surface area contributed by atoms with Crippen molar-refractivity contribution in [3.63, 3.8) is 0 Å². The fourth-order valence-corrected chi connectivity index (χ4v) is 1.96. The van der Waals surface area contributed by atoms with Crippen molar-refractivity contribution in [1.82, 2.24) is 9.78 Å². The van der Waals surface area contributed by atoms with Crippen LogP contribution in [0.25, 0.3) is 5.69 Å². The highest BCUT2D eigenvalue weighted by atomic mass is 19.1. The summed E-state index contributed by atoms with van der Waals surface area (Å²) in [5.74, 6) is -0.223. The molecule has 3 nitrogen and oxygen atoms in total. The molecule has 0 unspecified atom stereocenters. The first-order valence-corrected chi connectivity index (χ1v) is 6.40. The van der Waals surface area contributed by atoms with Crippen LogP contribution >= 0.6 is 0 Å². The van der Waals surface area contributed by atoms with Crippen LogP contribution in [0.2, 0.25) is 0 Å². The van der Waals surface area contributed by atoms with Crippen LogP contribution in [0.5, 0.6) is 0 Å². The lowest BCUT2D eigenvalue weighted by atomic mass is 10.2. The van der Waals surface area contributed by atoms with Gasteiger partial charge < -0.3 is 5.32 Å². The molecule has 1 N–H and O–H groups in total. The zero-order valence-electron chi connectivity index (χ0n) is 10.8. The van der Waals surface area contributed by atoms with E-state index in [0.717, 1.165) is 16.9 Å². The van der Waals surface area contributed by atoms with Gasteiger partial charge in [-0.05, 0) is 48.0 Å². The van der Waals surface area contributed by atoms with Crippen molar-refractivity contribution < 1.29 is 4.39 Å². The van der Waals surface area contributed by atoms with Gasteiger partial charge in [-0.2, -0.15) is 5.10 Å². The van der Waals surface area contributed by atoms with Gasteiger partial charge in [-0.15, -0.1) is 0 Å². The minimum atomic E-state index is -0.223. The van der Waals surface area contributed by atoms with Crippen LogP contribution in [0, 0.1) is 5.82 Å². The maximum Gasteiger partial charge on any atom is 0.123 e. The van der Waals surface area contributed by atoms with E-state index in [1.165, 1.54) is 12.1 Å². The lowest BCUT2D eigenvalue weighted by Gasteiger charge is -2.07. The Morgan fingerprint density at radius 1 is 1.00 bits per heavy atom. The van der Waals surface area contributed by atoms with Crippen LogP contribution in [0.3, 0.4) is 0 Å². The average Bonchev–Trinajstić information content (AvgIpc) is 3.01. The van der Waals surface area contributed by atoms with Gasteiger partial charge in [-0.25, -0.2) is 9.07 Å². The van der Waals surface area contributed by atoms with E-state index < -0.39 is 0 Å². The van der Waals surface area contributed by atoms with Gasteiger partial charge in [0.15, 0.2) is 0 Å². The van der Waals surface area contributed by atoms with Crippen LogP contribution in [0.1, 0.15) is 5.56 Å². The molecule has 0 aliphatic rings. The van der Waals surface area contributed by atoms with E-state index in [1.54, 1.807) is 18.3 Å². The zero-order valence-corrected chi connectivity index (χ0v) is 10.8. The molecule has 0 aliphatic carbocycles. The first-order chi connectivity index (χ1) is 9.81. The molecule has 100 valence electrons. The molecule has 4 heteroatoms. The molecule has 0 saturated heterocycles. The third-order valence-electron chi connectivity index (χ3n) is 3.05. The Morgan fingerprint density at radius 2 is 1.75 bits per heavy atom. The molecule has 0 amide bonds. The Morgan fingerprint density at radius 3 is 2.40 bits per heavy atom. The lowest BCUT2D eigenvalue weighted by molar-refractivity contribution is 0.628. The van der Waals surface area contributed by atoms with Crippen LogP contribution in [-0.2, 0) is 6.54 Å². The molecule has 0 spiro atoms. The summed E-state index contributed by atoms with van der Waals surface area (Å²) >= 11 is 0. The van der Waals surface area contributed by atoms with E-state index >= 15 is 0 Å². The van der Waals surface area contributed by atoms with Crippen molar-refractivity contribution in [2.24, 2.45) is 0 Å². The fraction of sp³-hybridized carbons (Fsp3) is 0.0625. The summed E-state index contributed by atoms with van der Waals surface area (Å²) in [5.41, 5.74) is 3.09. The van der Waals surface area contributed by atoms with Crippen molar-refractivity contribution in [1.29, 1.82) is 0 Å². The van der Waals surface area contributed by atoms with Gasteiger partial charge in [0, 0.05) is 24.6 Å². The van der Waals surface area contributed by atoms with Crippen molar-refractivity contribution >= 4 is 5.69 Å². The SMILES string of the molecule is Fc1ccc(NCc2ccc(-n3cccn3)cc2)cc1. The summed E-state index contributed by atoms with van der Waals surface area (Å²) in [6, 6.07) is 16.4. The Labute approximate surface area is 116 Å². The minimum Gasteiger partial charge on any atom is -0.381 e. The summed E-state index contributed by atoms with van der Waals surface area (Å²) in [6.45, 7) is 0.699. The fourth-order valence-electron chi connectivity index (χ4n) is 1.96. The van der Waals surface area contributed by atoms with Gasteiger partial charge in [0.2, 0.25) is 0 Å². The molecule has 3 aromatic rings. The van der Waals surface area contributed by atoms with E-state index in [1.807, 2.05) is 41.2 Å². The smallest absolute Gasteiger partial charge is 0.123 e. The van der Waals surface area contributed by atoms with Crippen molar-refractivity contribution in [2.75, 3.05) is 5.32 Å². The molecule has 0 aliphatic heterocycles. The summed E-state index contributed by atoms with van der Waals surface area (Å²) in [5, 5.41) is 7.44. The molecule has 0 bridgehead atoms. The molecule has 1 heterocycles. The summed E-state index contributed by atoms with van der Waals surface area (Å²) in [7, 11) is 0. The second kappa shape index (κ2) is 5.57. The highest BCUT2D eigenvalue weighted by Gasteiger charge is 1.98. The Kier molecular flexibility index (Phi) is 3.46. The van der Waals surface area contributed by atoms with Crippen molar-refractivity contribution in [3.8, 4) is 5.69 Å². The highest BCUT2D eigenvalue weighted by molar-refractivity contribution is 5.44. The number of halogens is 1. The molecule has 0 atom stereocenters. The molecular formula is C16H14FN3. The number of hydrogen-bond donors (Lipinski definition) is 1. The van der Waals surface area contributed by atoms with E-state index in [9.17, 15) is 4.39 Å². The van der Waals surface area contributed by atoms with Gasteiger partial charge in [-0.3, -0.25) is 0 Å². The number of aromatic nitrogens is 2. The average molecular weight is 267 g/mol. The Bertz CT molecular complexity index is 658. The van der Waals surface area contributed by atoms with Crippen LogP contribution in [-0.4, -0.2) is 9.78 Å². The van der Waals surface area contributed by atoms with Crippen LogP contribution in [0.15, 0.2) is 67.0 Å². The molecule has 2 aromatic carbocycles. The van der Waals surface area contributed by atoms with E-state index in [2.05, 4.69) is 10.4 Å². The number of benzene rings is 2. The van der Waals surface area contributed by atoms with E-state index in [-0.39, 0.29) is 5.82 Å². The Hall–Kier alpha value is -2.62. The molecule has 3 rings (SSSR count). The van der Waals surface area contributed by atoms with Crippen molar-refractivity contribution in [2.45, 2.75) is 6.54 Å². The first-order valence-electron chi connectivity index (χ1n) is 6.40. The lowest BCUT2D eigenvalue weighted by Crippen LogP contribution is -2.00. The topological polar surface area (TPSA) is 29.9 Å². The standard InChI is InChI=1S/C16H14FN3/c17-14-4-6-15(7-5-14)18-12-13-2-8-16(9-3-13)20-11-1-10-19-20/h1-11,18H,12H2. The molecule has 0 fully saturated rings. The van der Waals surface area contributed by atoms with Gasteiger partial charge in [0.1, 0.15) is 5.82 Å². The zero-order chi connectivity index (χ0) is 13.8. The van der Waals surface area contributed by atoms with Gasteiger partial charge in [0.05, 0.1) is 5.69 Å². The van der Waals surface area contributed by atoms with Gasteiger partial charge in [0.25, 0.3) is 0 Å². The van der Waals surface area contributed by atoms with Gasteiger partial charge in [-0.1, -0.05) is 12.1 Å². The predicted molar refractivity (Wildman–Crippen MR) is 77.3 cm³/mol. The summed E-state index contributed by atoms with van der Waals surface area (Å²) in [4.78, 5) is 0. The van der Waals surface area contributed by atoms with Crippen molar-refractivity contribution in [3.05, 3.63) is 78.4 Å². The van der Waals surface area contributed by atoms with Gasteiger partial charge >= 0.3 is 0 Å². The summed E-state index contributed by atoms with van der Waals surface area (Å²) < 4.78 is 14.6. The molecular weight excluding hydrogens is 253 g/mol. The Balaban J connectivity index is 1.65. The maximum atomic E-state index is 12.8. The number of nitrogens with zero attached hydrogens (tertiary/aromatic N) is 2. The molecule has 20 heavy (non-hydrogen) atoms. The molecule has 0 radical (unpaired) electrons. The second-order valence-electron chi connectivity index (χ2n) is 4.48. The van der Waals surface area contributed by atoms with E-state index in [4.69, 9.17) is 0 Å². The molecule has 1 aromatic heterocycles. The first kappa shape index (κ1) is 12.4. The second-order valence-corrected chi connectivity index (χ2v) is 4.48. The third kappa shape index (κ3) is 2.85. The highest BCUT2D eigenvalue weighted by Crippen LogP contribution is 2.12. The predicted octanol–water partition coefficient (Wildman–Crippen LogP) is 3.62. The third-order valence-corrected chi connectivity index (χ3v) is 3.05. The largest absolute Gasteiger partial charge is 0.381 e. The summed E-state index contributed by atoms with van der Waals surface area (Å²) in [6.07, 6.45) is 3.66. The molecule has 0 saturated carbocycles. The van der Waals surface area contributed by atoms with Crippen LogP contribution < -0.4 is 5.32 Å². The number of rotatable bonds is 4. The maximum absolute atomic E-state index is 12.8. The number of nitrogens with one attached hydrogen (secondary N) is 1. The minimum absolute atomic E-state index is 0.223. The van der Waals surface area contributed by atoms with Crippen LogP contribution in [0.4, 0.5) is 10.1 Å².